The van der Waals surface area contributed by atoms with Crippen LogP contribution < -0.4 is 5.32 Å². The zero-order chi connectivity index (χ0) is 19.3. The Hall–Kier alpha value is -3.86. The second kappa shape index (κ2) is 4.94. The monoisotopic (exact) mass is 377 g/mol. The number of hydrogen-bond donors (Lipinski definition) is 1. The molecule has 2 aliphatic heterocycles. The largest absolute Gasteiger partial charge is 0.335 e. The molecule has 29 heavy (non-hydrogen) atoms. The smallest absolute Gasteiger partial charge is 0.259 e. The number of amides is 2. The van der Waals surface area contributed by atoms with Gasteiger partial charge in [-0.15, -0.1) is 0 Å². The van der Waals surface area contributed by atoms with Gasteiger partial charge in [0.2, 0.25) is 0 Å². The Kier molecular flexibility index (Phi) is 2.57. The maximum atomic E-state index is 12.9. The van der Waals surface area contributed by atoms with Crippen LogP contribution in [0.3, 0.4) is 0 Å². The minimum atomic E-state index is -0.302. The zero-order valence-electron chi connectivity index (χ0n) is 15.4. The van der Waals surface area contributed by atoms with Gasteiger partial charge in [-0.3, -0.25) is 14.9 Å². The van der Waals surface area contributed by atoms with Crippen LogP contribution in [0.2, 0.25) is 0 Å². The number of hydrogen-bond acceptors (Lipinski definition) is 2. The lowest BCUT2D eigenvalue weighted by molar-refractivity contribution is 0.0880. The van der Waals surface area contributed by atoms with E-state index in [0.717, 1.165) is 56.7 Å². The molecule has 7 rings (SSSR count). The Morgan fingerprint density at radius 1 is 0.655 bits per heavy atom. The average molecular weight is 377 g/mol. The Morgan fingerprint density at radius 2 is 1.10 bits per heavy atom. The number of imide groups is 1. The second-order valence-corrected chi connectivity index (χ2v) is 7.71. The van der Waals surface area contributed by atoms with Crippen LogP contribution in [0.25, 0.3) is 43.6 Å². The number of aromatic nitrogens is 2. The van der Waals surface area contributed by atoms with Gasteiger partial charge in [-0.2, -0.15) is 0 Å². The molecule has 0 spiro atoms. The van der Waals surface area contributed by atoms with Gasteiger partial charge in [0.15, 0.2) is 0 Å². The van der Waals surface area contributed by atoms with Crippen LogP contribution in [-0.4, -0.2) is 20.9 Å². The van der Waals surface area contributed by atoms with Crippen molar-refractivity contribution in [1.29, 1.82) is 0 Å². The van der Waals surface area contributed by atoms with E-state index in [-0.39, 0.29) is 11.8 Å². The van der Waals surface area contributed by atoms with E-state index in [9.17, 15) is 9.59 Å². The van der Waals surface area contributed by atoms with Crippen LogP contribution >= 0.6 is 0 Å². The number of rotatable bonds is 0. The standard InChI is InChI=1S/C24H15N3O2/c28-23-19-17-13-7-1-3-9-15(13)26-11-5-6-12-27-16-10-4-2-8-14(16)18(22(27)21(17)26)20(19)24(29)25-23/h1-10H,11-12H2,(H,25,28,29)/b6-5-. The van der Waals surface area contributed by atoms with Crippen molar-refractivity contribution in [1.82, 2.24) is 14.5 Å². The molecule has 0 atom stereocenters. The van der Waals surface area contributed by atoms with Gasteiger partial charge in [0.05, 0.1) is 22.2 Å². The number of carbonyl (C=O) groups excluding carboxylic acids is 2. The van der Waals surface area contributed by atoms with Crippen LogP contribution in [0.1, 0.15) is 20.7 Å². The lowest BCUT2D eigenvalue weighted by Gasteiger charge is -2.13. The molecule has 0 fully saturated rings. The van der Waals surface area contributed by atoms with Crippen molar-refractivity contribution in [2.45, 2.75) is 13.1 Å². The van der Waals surface area contributed by atoms with Crippen LogP contribution in [0, 0.1) is 0 Å². The summed E-state index contributed by atoms with van der Waals surface area (Å²) in [5.41, 5.74) is 5.25. The van der Waals surface area contributed by atoms with Gasteiger partial charge in [0, 0.05) is 45.7 Å². The normalized spacial score (nSPS) is 16.7. The van der Waals surface area contributed by atoms with Crippen LogP contribution in [0.5, 0.6) is 0 Å². The zero-order valence-corrected chi connectivity index (χ0v) is 15.4. The van der Waals surface area contributed by atoms with E-state index in [2.05, 4.69) is 38.7 Å². The van der Waals surface area contributed by atoms with Crippen molar-refractivity contribution in [2.24, 2.45) is 0 Å². The van der Waals surface area contributed by atoms with E-state index >= 15 is 0 Å². The number of para-hydroxylation sites is 2. The molecule has 0 saturated heterocycles. The van der Waals surface area contributed by atoms with E-state index < -0.39 is 0 Å². The van der Waals surface area contributed by atoms with Crippen molar-refractivity contribution in [2.75, 3.05) is 0 Å². The molecule has 2 amide bonds. The summed E-state index contributed by atoms with van der Waals surface area (Å²) in [6.45, 7) is 1.46. The average Bonchev–Trinajstić information content (AvgIpc) is 3.31. The Morgan fingerprint density at radius 3 is 1.59 bits per heavy atom. The highest BCUT2D eigenvalue weighted by Gasteiger charge is 2.36. The molecule has 5 nitrogen and oxygen atoms in total. The van der Waals surface area contributed by atoms with Crippen LogP contribution in [-0.2, 0) is 13.1 Å². The number of nitrogens with one attached hydrogen (secondary N) is 1. The van der Waals surface area contributed by atoms with Gasteiger partial charge in [0.1, 0.15) is 0 Å². The highest BCUT2D eigenvalue weighted by atomic mass is 16.2. The predicted octanol–water partition coefficient (Wildman–Crippen LogP) is 4.36. The fraction of sp³-hybridized carbons (Fsp3) is 0.0833. The van der Waals surface area contributed by atoms with Gasteiger partial charge >= 0.3 is 0 Å². The highest BCUT2D eigenvalue weighted by Crippen LogP contribution is 2.45. The maximum Gasteiger partial charge on any atom is 0.259 e. The Labute approximate surface area is 164 Å². The third kappa shape index (κ3) is 1.63. The maximum absolute atomic E-state index is 12.9. The van der Waals surface area contributed by atoms with E-state index in [1.165, 1.54) is 0 Å². The number of fused-ring (bicyclic) bond motifs is 9. The fourth-order valence-electron chi connectivity index (χ4n) is 5.28. The second-order valence-electron chi connectivity index (χ2n) is 7.71. The van der Waals surface area contributed by atoms with Gasteiger partial charge in [-0.25, -0.2) is 0 Å². The first-order valence-electron chi connectivity index (χ1n) is 9.74. The third-order valence-corrected chi connectivity index (χ3v) is 6.34. The molecule has 1 N–H and O–H groups in total. The molecule has 138 valence electrons. The van der Waals surface area contributed by atoms with Gasteiger partial charge < -0.3 is 9.13 Å². The summed E-state index contributed by atoms with van der Waals surface area (Å²) in [5, 5.41) is 6.34. The summed E-state index contributed by atoms with van der Waals surface area (Å²) in [6, 6.07) is 16.3. The first-order valence-corrected chi connectivity index (χ1v) is 9.74. The van der Waals surface area contributed by atoms with E-state index in [1.807, 2.05) is 36.4 Å². The van der Waals surface area contributed by atoms with Crippen LogP contribution in [0.4, 0.5) is 0 Å². The number of benzene rings is 3. The lowest BCUT2D eigenvalue weighted by atomic mass is 9.96. The molecule has 2 aromatic heterocycles. The number of nitrogens with zero attached hydrogens (tertiary/aromatic N) is 2. The third-order valence-electron chi connectivity index (χ3n) is 6.34. The van der Waals surface area contributed by atoms with Crippen molar-refractivity contribution in [3.8, 4) is 0 Å². The minimum absolute atomic E-state index is 0.302. The van der Waals surface area contributed by atoms with Gasteiger partial charge in [0.25, 0.3) is 11.8 Å². The molecule has 4 heterocycles. The molecular weight excluding hydrogens is 362 g/mol. The molecule has 0 radical (unpaired) electrons. The quantitative estimate of drug-likeness (QED) is 0.322. The summed E-state index contributed by atoms with van der Waals surface area (Å²) < 4.78 is 4.54. The molecule has 5 aromatic rings. The van der Waals surface area contributed by atoms with Crippen molar-refractivity contribution < 1.29 is 9.59 Å². The first kappa shape index (κ1) is 15.1. The van der Waals surface area contributed by atoms with Crippen molar-refractivity contribution >= 4 is 55.4 Å². The highest BCUT2D eigenvalue weighted by molar-refractivity contribution is 6.39. The molecule has 0 unspecified atom stereocenters. The molecule has 0 bridgehead atoms. The fourth-order valence-corrected chi connectivity index (χ4v) is 5.28. The topological polar surface area (TPSA) is 56.0 Å². The summed E-state index contributed by atoms with van der Waals surface area (Å²) >= 11 is 0. The molecule has 2 aliphatic rings. The van der Waals surface area contributed by atoms with Gasteiger partial charge in [-0.1, -0.05) is 48.6 Å². The minimum Gasteiger partial charge on any atom is -0.335 e. The Balaban J connectivity index is 1.94. The lowest BCUT2D eigenvalue weighted by Crippen LogP contribution is -2.20. The first-order chi connectivity index (χ1) is 14.3. The molecule has 0 saturated carbocycles. The molecule has 5 heteroatoms. The summed E-state index contributed by atoms with van der Waals surface area (Å²) in [6.07, 6.45) is 4.35. The molecule has 0 aliphatic carbocycles. The summed E-state index contributed by atoms with van der Waals surface area (Å²) in [5.74, 6) is -0.603. The number of carbonyl (C=O) groups is 2. The van der Waals surface area contributed by atoms with Gasteiger partial charge in [-0.05, 0) is 12.1 Å². The SMILES string of the molecule is O=C1NC(=O)c2c1c1c3ccccc3n3c1c1c2c2ccccc2n1C/C=C\C3. The van der Waals surface area contributed by atoms with Crippen molar-refractivity contribution in [3.05, 3.63) is 71.8 Å². The van der Waals surface area contributed by atoms with E-state index in [4.69, 9.17) is 0 Å². The predicted molar refractivity (Wildman–Crippen MR) is 113 cm³/mol. The Bertz CT molecular complexity index is 1490. The van der Waals surface area contributed by atoms with E-state index in [0.29, 0.717) is 11.1 Å². The summed E-state index contributed by atoms with van der Waals surface area (Å²) in [4.78, 5) is 25.9. The van der Waals surface area contributed by atoms with Crippen molar-refractivity contribution in [3.63, 3.8) is 0 Å². The number of allylic oxidation sites excluding steroid dienone is 2. The molecule has 3 aromatic carbocycles. The van der Waals surface area contributed by atoms with E-state index in [1.54, 1.807) is 0 Å². The van der Waals surface area contributed by atoms with Crippen LogP contribution in [0.15, 0.2) is 60.7 Å². The molecular formula is C24H15N3O2. The summed E-state index contributed by atoms with van der Waals surface area (Å²) in [7, 11) is 0.